The fourth-order valence-electron chi connectivity index (χ4n) is 2.54. The van der Waals surface area contributed by atoms with Crippen LogP contribution in [-0.4, -0.2) is 23.1 Å². The van der Waals surface area contributed by atoms with Crippen molar-refractivity contribution in [1.82, 2.24) is 9.97 Å². The van der Waals surface area contributed by atoms with Crippen LogP contribution < -0.4 is 10.2 Å². The largest absolute Gasteiger partial charge is 0.356 e. The lowest BCUT2D eigenvalue weighted by Gasteiger charge is -2.23. The second-order valence-corrected chi connectivity index (χ2v) is 6.20. The molecule has 0 aliphatic rings. The van der Waals surface area contributed by atoms with Gasteiger partial charge in [-0.15, -0.1) is 0 Å². The lowest BCUT2D eigenvalue weighted by Crippen LogP contribution is -2.26. The third-order valence-electron chi connectivity index (χ3n) is 3.59. The number of halogens is 1. The van der Waals surface area contributed by atoms with Gasteiger partial charge in [0.2, 0.25) is 5.95 Å². The Morgan fingerprint density at radius 1 is 1.04 bits per heavy atom. The van der Waals surface area contributed by atoms with Gasteiger partial charge in [-0.25, -0.2) is 4.98 Å². The summed E-state index contributed by atoms with van der Waals surface area (Å²) in [5.41, 5.74) is 3.01. The standard InChI is InChI=1S/C18H25ClN4/c1-5-9-23(10-6-2)17-12-14(4)20-18(22-17)21-16-8-7-15(19)11-13(16)3/h7-8,11-12H,5-6,9-10H2,1-4H3,(H,20,21,22). The Morgan fingerprint density at radius 2 is 1.74 bits per heavy atom. The molecule has 0 unspecified atom stereocenters. The molecule has 5 heteroatoms. The van der Waals surface area contributed by atoms with E-state index in [1.54, 1.807) is 0 Å². The molecule has 1 aromatic carbocycles. The molecule has 0 aliphatic heterocycles. The fourth-order valence-corrected chi connectivity index (χ4v) is 2.77. The summed E-state index contributed by atoms with van der Waals surface area (Å²) in [5, 5.41) is 4.04. The van der Waals surface area contributed by atoms with Crippen LogP contribution in [0.2, 0.25) is 5.02 Å². The molecule has 1 N–H and O–H groups in total. The molecule has 0 aliphatic carbocycles. The summed E-state index contributed by atoms with van der Waals surface area (Å²) in [6.07, 6.45) is 2.20. The maximum absolute atomic E-state index is 6.02. The highest BCUT2D eigenvalue weighted by molar-refractivity contribution is 6.30. The maximum atomic E-state index is 6.02. The molecule has 0 bridgehead atoms. The van der Waals surface area contributed by atoms with Gasteiger partial charge in [0.25, 0.3) is 0 Å². The molecule has 124 valence electrons. The van der Waals surface area contributed by atoms with E-state index in [9.17, 15) is 0 Å². The molecule has 2 aromatic rings. The number of aromatic nitrogens is 2. The lowest BCUT2D eigenvalue weighted by atomic mass is 10.2. The van der Waals surface area contributed by atoms with Gasteiger partial charge in [-0.05, 0) is 50.5 Å². The van der Waals surface area contributed by atoms with E-state index in [1.807, 2.05) is 38.1 Å². The van der Waals surface area contributed by atoms with Crippen molar-refractivity contribution in [3.8, 4) is 0 Å². The smallest absolute Gasteiger partial charge is 0.229 e. The minimum atomic E-state index is 0.627. The summed E-state index contributed by atoms with van der Waals surface area (Å²) >= 11 is 6.02. The average Bonchev–Trinajstić information content (AvgIpc) is 2.49. The topological polar surface area (TPSA) is 41.1 Å². The molecule has 2 rings (SSSR count). The van der Waals surface area contributed by atoms with Gasteiger partial charge >= 0.3 is 0 Å². The van der Waals surface area contributed by atoms with Gasteiger partial charge in [0.1, 0.15) is 5.82 Å². The highest BCUT2D eigenvalue weighted by Crippen LogP contribution is 2.23. The summed E-state index contributed by atoms with van der Waals surface area (Å²) in [6, 6.07) is 7.80. The summed E-state index contributed by atoms with van der Waals surface area (Å²) < 4.78 is 0. The first-order valence-corrected chi connectivity index (χ1v) is 8.55. The predicted molar refractivity (Wildman–Crippen MR) is 99.0 cm³/mol. The lowest BCUT2D eigenvalue weighted by molar-refractivity contribution is 0.732. The number of hydrogen-bond donors (Lipinski definition) is 1. The third-order valence-corrected chi connectivity index (χ3v) is 3.82. The molecular formula is C18H25ClN4. The molecule has 0 amide bonds. The summed E-state index contributed by atoms with van der Waals surface area (Å²) in [4.78, 5) is 11.5. The predicted octanol–water partition coefficient (Wildman–Crippen LogP) is 5.12. The molecule has 0 saturated carbocycles. The number of anilines is 3. The number of rotatable bonds is 7. The summed E-state index contributed by atoms with van der Waals surface area (Å²) in [5.74, 6) is 1.61. The van der Waals surface area contributed by atoms with E-state index in [4.69, 9.17) is 16.6 Å². The van der Waals surface area contributed by atoms with Gasteiger partial charge in [-0.1, -0.05) is 25.4 Å². The van der Waals surface area contributed by atoms with Crippen LogP contribution in [0.1, 0.15) is 37.9 Å². The number of benzene rings is 1. The number of nitrogens with zero attached hydrogens (tertiary/aromatic N) is 3. The second-order valence-electron chi connectivity index (χ2n) is 5.76. The highest BCUT2D eigenvalue weighted by Gasteiger charge is 2.10. The van der Waals surface area contributed by atoms with Crippen molar-refractivity contribution in [1.29, 1.82) is 0 Å². The van der Waals surface area contributed by atoms with Crippen LogP contribution >= 0.6 is 11.6 Å². The van der Waals surface area contributed by atoms with Gasteiger partial charge in [0, 0.05) is 35.6 Å². The van der Waals surface area contributed by atoms with Gasteiger partial charge in [0.05, 0.1) is 0 Å². The van der Waals surface area contributed by atoms with Crippen molar-refractivity contribution in [2.24, 2.45) is 0 Å². The van der Waals surface area contributed by atoms with Crippen LogP contribution in [0.4, 0.5) is 17.5 Å². The van der Waals surface area contributed by atoms with Crippen LogP contribution in [0, 0.1) is 13.8 Å². The van der Waals surface area contributed by atoms with Crippen molar-refractivity contribution >= 4 is 29.1 Å². The van der Waals surface area contributed by atoms with Crippen LogP contribution in [0.3, 0.4) is 0 Å². The zero-order valence-electron chi connectivity index (χ0n) is 14.4. The number of nitrogens with one attached hydrogen (secondary N) is 1. The number of aryl methyl sites for hydroxylation is 2. The quantitative estimate of drug-likeness (QED) is 0.764. The van der Waals surface area contributed by atoms with Crippen LogP contribution in [0.25, 0.3) is 0 Å². The number of hydrogen-bond acceptors (Lipinski definition) is 4. The molecule has 0 radical (unpaired) electrons. The van der Waals surface area contributed by atoms with E-state index in [2.05, 4.69) is 29.0 Å². The first-order chi connectivity index (χ1) is 11.0. The summed E-state index contributed by atoms with van der Waals surface area (Å²) in [7, 11) is 0. The first kappa shape index (κ1) is 17.5. The van der Waals surface area contributed by atoms with E-state index in [1.165, 1.54) is 0 Å². The van der Waals surface area contributed by atoms with Crippen molar-refractivity contribution in [3.63, 3.8) is 0 Å². The van der Waals surface area contributed by atoms with Crippen molar-refractivity contribution in [3.05, 3.63) is 40.5 Å². The average molecular weight is 333 g/mol. The first-order valence-electron chi connectivity index (χ1n) is 8.17. The molecular weight excluding hydrogens is 308 g/mol. The molecule has 0 atom stereocenters. The Balaban J connectivity index is 2.28. The van der Waals surface area contributed by atoms with Crippen LogP contribution in [0.5, 0.6) is 0 Å². The fraction of sp³-hybridized carbons (Fsp3) is 0.444. The van der Waals surface area contributed by atoms with Crippen LogP contribution in [0.15, 0.2) is 24.3 Å². The van der Waals surface area contributed by atoms with E-state index in [-0.39, 0.29) is 0 Å². The minimum Gasteiger partial charge on any atom is -0.356 e. The third kappa shape index (κ3) is 4.83. The normalized spacial score (nSPS) is 10.7. The summed E-state index contributed by atoms with van der Waals surface area (Å²) in [6.45, 7) is 10.4. The van der Waals surface area contributed by atoms with Gasteiger partial charge < -0.3 is 10.2 Å². The van der Waals surface area contributed by atoms with Crippen molar-refractivity contribution in [2.75, 3.05) is 23.3 Å². The SMILES string of the molecule is CCCN(CCC)c1cc(C)nc(Nc2ccc(Cl)cc2C)n1. The monoisotopic (exact) mass is 332 g/mol. The molecule has 0 fully saturated rings. The minimum absolute atomic E-state index is 0.627. The molecule has 0 saturated heterocycles. The van der Waals surface area contributed by atoms with Gasteiger partial charge in [-0.3, -0.25) is 0 Å². The van der Waals surface area contributed by atoms with Gasteiger partial charge in [0.15, 0.2) is 0 Å². The van der Waals surface area contributed by atoms with Crippen molar-refractivity contribution < 1.29 is 0 Å². The zero-order valence-corrected chi connectivity index (χ0v) is 15.1. The second kappa shape index (κ2) is 8.16. The van der Waals surface area contributed by atoms with E-state index < -0.39 is 0 Å². The molecule has 0 spiro atoms. The molecule has 23 heavy (non-hydrogen) atoms. The maximum Gasteiger partial charge on any atom is 0.229 e. The zero-order chi connectivity index (χ0) is 16.8. The molecule has 1 aromatic heterocycles. The highest BCUT2D eigenvalue weighted by atomic mass is 35.5. The Kier molecular flexibility index (Phi) is 6.22. The van der Waals surface area contributed by atoms with Gasteiger partial charge in [-0.2, -0.15) is 4.98 Å². The van der Waals surface area contributed by atoms with E-state index in [0.717, 1.165) is 53.7 Å². The Bertz CT molecular complexity index is 651. The van der Waals surface area contributed by atoms with Crippen molar-refractivity contribution in [2.45, 2.75) is 40.5 Å². The Morgan fingerprint density at radius 3 is 2.35 bits per heavy atom. The van der Waals surface area contributed by atoms with E-state index >= 15 is 0 Å². The Labute approximate surface area is 143 Å². The van der Waals surface area contributed by atoms with E-state index in [0.29, 0.717) is 5.95 Å². The Hall–Kier alpha value is -1.81. The molecule has 1 heterocycles. The molecule has 4 nitrogen and oxygen atoms in total. The van der Waals surface area contributed by atoms with Crippen LogP contribution in [-0.2, 0) is 0 Å².